The Balaban J connectivity index is 1.50. The number of likely N-dealkylation sites (tertiary alicyclic amines) is 2. The third-order valence-corrected chi connectivity index (χ3v) is 5.40. The molecule has 1 amide bonds. The van der Waals surface area contributed by atoms with Crippen LogP contribution in [-0.4, -0.2) is 47.7 Å². The third kappa shape index (κ3) is 4.77. The smallest absolute Gasteiger partial charge is 0.416 e. The van der Waals surface area contributed by atoms with E-state index in [1.807, 2.05) is 25.7 Å². The van der Waals surface area contributed by atoms with Gasteiger partial charge in [-0.3, -0.25) is 4.90 Å². The highest BCUT2D eigenvalue weighted by Gasteiger charge is 2.47. The van der Waals surface area contributed by atoms with E-state index in [9.17, 15) is 22.4 Å². The zero-order chi connectivity index (χ0) is 20.7. The van der Waals surface area contributed by atoms with E-state index in [1.54, 1.807) is 4.90 Å². The first-order valence-corrected chi connectivity index (χ1v) is 9.43. The fourth-order valence-electron chi connectivity index (χ4n) is 3.81. The monoisotopic (exact) mass is 402 g/mol. The van der Waals surface area contributed by atoms with Crippen molar-refractivity contribution < 1.29 is 27.1 Å². The van der Waals surface area contributed by atoms with Gasteiger partial charge in [-0.1, -0.05) is 6.07 Å². The van der Waals surface area contributed by atoms with Crippen molar-refractivity contribution in [3.05, 3.63) is 35.1 Å². The lowest BCUT2D eigenvalue weighted by molar-refractivity contribution is -0.137. The highest BCUT2D eigenvalue weighted by Crippen LogP contribution is 2.41. The second-order valence-electron chi connectivity index (χ2n) is 8.92. The van der Waals surface area contributed by atoms with Gasteiger partial charge in [-0.2, -0.15) is 13.2 Å². The average molecular weight is 402 g/mol. The number of carbonyl (C=O) groups is 1. The highest BCUT2D eigenvalue weighted by molar-refractivity contribution is 5.69. The Kier molecular flexibility index (Phi) is 5.38. The molecule has 0 radical (unpaired) electrons. The van der Waals surface area contributed by atoms with Crippen molar-refractivity contribution in [2.24, 2.45) is 5.41 Å². The maximum atomic E-state index is 14.1. The number of alkyl halides is 3. The molecule has 2 fully saturated rings. The number of carbonyl (C=O) groups excluding carboxylic acids is 1. The van der Waals surface area contributed by atoms with Gasteiger partial charge in [0.25, 0.3) is 0 Å². The second-order valence-corrected chi connectivity index (χ2v) is 8.92. The van der Waals surface area contributed by atoms with Gasteiger partial charge in [-0.15, -0.1) is 0 Å². The van der Waals surface area contributed by atoms with Gasteiger partial charge in [0.2, 0.25) is 0 Å². The van der Waals surface area contributed by atoms with Crippen LogP contribution in [0.1, 0.15) is 44.7 Å². The Hall–Kier alpha value is -1.83. The topological polar surface area (TPSA) is 32.8 Å². The fourth-order valence-corrected chi connectivity index (χ4v) is 3.81. The van der Waals surface area contributed by atoms with Crippen LogP contribution in [0, 0.1) is 11.2 Å². The molecule has 0 aliphatic carbocycles. The Morgan fingerprint density at radius 2 is 1.75 bits per heavy atom. The number of halogens is 4. The lowest BCUT2D eigenvalue weighted by atomic mass is 9.72. The third-order valence-electron chi connectivity index (χ3n) is 5.40. The molecule has 1 aromatic carbocycles. The van der Waals surface area contributed by atoms with Crippen LogP contribution in [0.4, 0.5) is 22.4 Å². The van der Waals surface area contributed by atoms with Crippen LogP contribution < -0.4 is 0 Å². The van der Waals surface area contributed by atoms with Gasteiger partial charge in [0.15, 0.2) is 0 Å². The summed E-state index contributed by atoms with van der Waals surface area (Å²) in [6, 6.07) is 2.70. The molecule has 2 aliphatic heterocycles. The molecule has 28 heavy (non-hydrogen) atoms. The predicted octanol–water partition coefficient (Wildman–Crippen LogP) is 4.68. The van der Waals surface area contributed by atoms with Gasteiger partial charge in [0, 0.05) is 30.6 Å². The molecule has 1 spiro atoms. The van der Waals surface area contributed by atoms with Crippen molar-refractivity contribution in [2.45, 2.75) is 51.9 Å². The number of hydrogen-bond donors (Lipinski definition) is 0. The molecule has 0 bridgehead atoms. The van der Waals surface area contributed by atoms with Crippen LogP contribution in [0.3, 0.4) is 0 Å². The molecule has 8 heteroatoms. The van der Waals surface area contributed by atoms with Gasteiger partial charge in [0.1, 0.15) is 11.4 Å². The van der Waals surface area contributed by atoms with Crippen molar-refractivity contribution in [3.63, 3.8) is 0 Å². The minimum Gasteiger partial charge on any atom is -0.444 e. The van der Waals surface area contributed by atoms with Crippen LogP contribution in [0.25, 0.3) is 0 Å². The lowest BCUT2D eigenvalue weighted by Crippen LogP contribution is -2.62. The molecule has 0 saturated carbocycles. The maximum absolute atomic E-state index is 14.1. The molecule has 1 aromatic rings. The van der Waals surface area contributed by atoms with E-state index in [0.717, 1.165) is 32.0 Å². The molecule has 2 aliphatic rings. The zero-order valence-corrected chi connectivity index (χ0v) is 16.4. The molecular weight excluding hydrogens is 376 g/mol. The maximum Gasteiger partial charge on any atom is 0.416 e. The van der Waals surface area contributed by atoms with Crippen LogP contribution in [0.5, 0.6) is 0 Å². The summed E-state index contributed by atoms with van der Waals surface area (Å²) in [7, 11) is 0. The molecule has 3 rings (SSSR count). The highest BCUT2D eigenvalue weighted by atomic mass is 19.4. The molecule has 156 valence electrons. The van der Waals surface area contributed by atoms with Gasteiger partial charge in [-0.25, -0.2) is 9.18 Å². The normalized spacial score (nSPS) is 20.2. The number of piperidine rings is 1. The number of ether oxygens (including phenoxy) is 1. The summed E-state index contributed by atoms with van der Waals surface area (Å²) >= 11 is 0. The Bertz CT molecular complexity index is 727. The zero-order valence-electron chi connectivity index (χ0n) is 16.4. The number of rotatable bonds is 2. The second kappa shape index (κ2) is 7.21. The molecule has 0 N–H and O–H groups in total. The summed E-state index contributed by atoms with van der Waals surface area (Å²) in [5, 5.41) is 0. The number of benzene rings is 1. The van der Waals surface area contributed by atoms with Crippen molar-refractivity contribution in [3.8, 4) is 0 Å². The first kappa shape index (κ1) is 20.9. The van der Waals surface area contributed by atoms with E-state index < -0.39 is 23.2 Å². The van der Waals surface area contributed by atoms with E-state index in [2.05, 4.69) is 0 Å². The largest absolute Gasteiger partial charge is 0.444 e. The quantitative estimate of drug-likeness (QED) is 0.674. The summed E-state index contributed by atoms with van der Waals surface area (Å²) < 4.78 is 57.4. The van der Waals surface area contributed by atoms with Gasteiger partial charge < -0.3 is 9.64 Å². The van der Waals surface area contributed by atoms with E-state index >= 15 is 0 Å². The molecule has 4 nitrogen and oxygen atoms in total. The summed E-state index contributed by atoms with van der Waals surface area (Å²) in [6.45, 7) is 8.55. The van der Waals surface area contributed by atoms with Gasteiger partial charge >= 0.3 is 12.3 Å². The molecule has 0 atom stereocenters. The number of hydrogen-bond acceptors (Lipinski definition) is 3. The van der Waals surface area contributed by atoms with Crippen LogP contribution in [0.2, 0.25) is 0 Å². The van der Waals surface area contributed by atoms with Crippen molar-refractivity contribution in [1.82, 2.24) is 9.80 Å². The summed E-state index contributed by atoms with van der Waals surface area (Å²) in [5.41, 5.74) is -1.14. The Morgan fingerprint density at radius 3 is 2.25 bits per heavy atom. The average Bonchev–Trinajstić information content (AvgIpc) is 2.52. The van der Waals surface area contributed by atoms with Crippen LogP contribution >= 0.6 is 0 Å². The Labute approximate surface area is 162 Å². The first-order chi connectivity index (χ1) is 12.9. The summed E-state index contributed by atoms with van der Waals surface area (Å²) in [6.07, 6.45) is -3.10. The molecule has 0 unspecified atom stereocenters. The molecule has 2 heterocycles. The van der Waals surface area contributed by atoms with E-state index in [-0.39, 0.29) is 23.6 Å². The van der Waals surface area contributed by atoms with Crippen molar-refractivity contribution >= 4 is 6.09 Å². The fraction of sp³-hybridized carbons (Fsp3) is 0.650. The Morgan fingerprint density at radius 1 is 1.14 bits per heavy atom. The molecule has 0 aromatic heterocycles. The first-order valence-electron chi connectivity index (χ1n) is 9.43. The van der Waals surface area contributed by atoms with Crippen LogP contribution in [0.15, 0.2) is 18.2 Å². The number of amides is 1. The predicted molar refractivity (Wildman–Crippen MR) is 96.2 cm³/mol. The standard InChI is InChI=1S/C20H26F4N2O2/c1-18(2,3)28-17(27)26-12-19(13-26)6-8-25(9-7-19)11-14-4-5-15(10-16(14)21)20(22,23)24/h4-5,10H,6-9,11-13H2,1-3H3. The summed E-state index contributed by atoms with van der Waals surface area (Å²) in [4.78, 5) is 15.8. The van der Waals surface area contributed by atoms with E-state index in [4.69, 9.17) is 4.74 Å². The van der Waals surface area contributed by atoms with Gasteiger partial charge in [-0.05, 0) is 58.8 Å². The number of nitrogens with zero attached hydrogens (tertiary/aromatic N) is 2. The lowest BCUT2D eigenvalue weighted by Gasteiger charge is -2.53. The van der Waals surface area contributed by atoms with E-state index in [0.29, 0.717) is 19.2 Å². The molecular formula is C20H26F4N2O2. The molecule has 2 saturated heterocycles. The van der Waals surface area contributed by atoms with Crippen LogP contribution in [-0.2, 0) is 17.5 Å². The van der Waals surface area contributed by atoms with Gasteiger partial charge in [0.05, 0.1) is 5.56 Å². The SMILES string of the molecule is CC(C)(C)OC(=O)N1CC2(CCN(Cc3ccc(C(F)(F)F)cc3F)CC2)C1. The van der Waals surface area contributed by atoms with Crippen molar-refractivity contribution in [1.29, 1.82) is 0 Å². The summed E-state index contributed by atoms with van der Waals surface area (Å²) in [5.74, 6) is -0.824. The van der Waals surface area contributed by atoms with Crippen molar-refractivity contribution in [2.75, 3.05) is 26.2 Å². The van der Waals surface area contributed by atoms with E-state index in [1.165, 1.54) is 6.07 Å². The minimum absolute atomic E-state index is 0.0755. The minimum atomic E-state index is -4.54.